The van der Waals surface area contributed by atoms with Gasteiger partial charge in [0, 0.05) is 30.3 Å². The van der Waals surface area contributed by atoms with Crippen LogP contribution in [-0.2, 0) is 19.6 Å². The number of piperidine rings is 1. The molecule has 39 heavy (non-hydrogen) atoms. The van der Waals surface area contributed by atoms with Gasteiger partial charge in [0.05, 0.1) is 16.7 Å². The van der Waals surface area contributed by atoms with E-state index in [2.05, 4.69) is 47.0 Å². The Morgan fingerprint density at radius 3 is 2.23 bits per heavy atom. The Kier molecular flexibility index (Phi) is 6.56. The highest BCUT2D eigenvalue weighted by Crippen LogP contribution is 2.44. The zero-order chi connectivity index (χ0) is 27.3. The maximum absolute atomic E-state index is 13.0. The van der Waals surface area contributed by atoms with Crippen LogP contribution in [0.25, 0.3) is 11.1 Å². The molecular weight excluding hydrogens is 491 g/mol. The third-order valence-corrected chi connectivity index (χ3v) is 9.05. The summed E-state index contributed by atoms with van der Waals surface area (Å²) >= 11 is 0. The highest BCUT2D eigenvalue weighted by molar-refractivity contribution is 6.62. The van der Waals surface area contributed by atoms with E-state index in [0.29, 0.717) is 13.2 Å². The number of aromatic nitrogens is 2. The van der Waals surface area contributed by atoms with Gasteiger partial charge in [-0.05, 0) is 75.9 Å². The van der Waals surface area contributed by atoms with Crippen molar-refractivity contribution in [2.24, 2.45) is 0 Å². The van der Waals surface area contributed by atoms with E-state index in [-0.39, 0.29) is 11.5 Å². The van der Waals surface area contributed by atoms with Crippen LogP contribution < -0.4 is 16.1 Å². The van der Waals surface area contributed by atoms with Crippen LogP contribution in [-0.4, -0.2) is 60.4 Å². The second kappa shape index (κ2) is 9.80. The van der Waals surface area contributed by atoms with Gasteiger partial charge in [0.25, 0.3) is 0 Å². The average Bonchev–Trinajstić information content (AvgIpc) is 3.60. The quantitative estimate of drug-likeness (QED) is 0.474. The average molecular weight is 528 g/mol. The summed E-state index contributed by atoms with van der Waals surface area (Å²) in [5.41, 5.74) is 4.52. The smallest absolute Gasteiger partial charge is 0.449 e. The fourth-order valence-corrected chi connectivity index (χ4v) is 5.96. The standard InChI is InChI=1S/C30H37BN4O4/c1-28(2)29(3,4)39-31(38-28)21-17-34-35(18-21)30(13-15-32-16-14-30)20-33-27(36)37-19-26-24-11-7-5-9-22(24)23-10-6-8-12-25(23)26/h5-12,17-18,26,32H,13-16,19-20H2,1-4H3,(H,33,36). The van der Waals surface area contributed by atoms with Crippen LogP contribution in [0.4, 0.5) is 4.79 Å². The molecule has 3 aromatic rings. The molecule has 0 atom stereocenters. The molecule has 2 saturated heterocycles. The molecule has 6 rings (SSSR count). The predicted octanol–water partition coefficient (Wildman–Crippen LogP) is 3.80. The molecule has 2 aliphatic heterocycles. The minimum absolute atomic E-state index is 0.0320. The predicted molar refractivity (Wildman–Crippen MR) is 151 cm³/mol. The molecule has 2 fully saturated rings. The lowest BCUT2D eigenvalue weighted by molar-refractivity contribution is 0.00578. The van der Waals surface area contributed by atoms with Crippen LogP contribution in [0.2, 0.25) is 0 Å². The zero-order valence-corrected chi connectivity index (χ0v) is 23.2. The van der Waals surface area contributed by atoms with Crippen molar-refractivity contribution in [1.29, 1.82) is 0 Å². The molecule has 1 aromatic heterocycles. The SMILES string of the molecule is CC1(C)OB(c2cnn(C3(CNC(=O)OCC4c5ccccc5-c5ccccc54)CCNCC3)c2)OC1(C)C. The third kappa shape index (κ3) is 4.66. The third-order valence-electron chi connectivity index (χ3n) is 9.05. The number of fused-ring (bicyclic) bond motifs is 3. The first-order valence-electron chi connectivity index (χ1n) is 13.9. The second-order valence-electron chi connectivity index (χ2n) is 12.0. The van der Waals surface area contributed by atoms with Gasteiger partial charge in [-0.1, -0.05) is 48.5 Å². The molecule has 1 amide bonds. The fourth-order valence-electron chi connectivity index (χ4n) is 5.96. The molecule has 0 bridgehead atoms. The number of benzene rings is 2. The maximum Gasteiger partial charge on any atom is 0.498 e. The summed E-state index contributed by atoms with van der Waals surface area (Å²) in [4.78, 5) is 13.0. The molecule has 2 N–H and O–H groups in total. The highest BCUT2D eigenvalue weighted by Gasteiger charge is 2.52. The maximum atomic E-state index is 13.0. The molecule has 0 unspecified atom stereocenters. The van der Waals surface area contributed by atoms with Crippen LogP contribution in [0.15, 0.2) is 60.9 Å². The Hall–Kier alpha value is -3.14. The largest absolute Gasteiger partial charge is 0.498 e. The van der Waals surface area contributed by atoms with Gasteiger partial charge in [0.2, 0.25) is 0 Å². The fraction of sp³-hybridized carbons (Fsp3) is 0.467. The van der Waals surface area contributed by atoms with E-state index in [4.69, 9.17) is 19.1 Å². The van der Waals surface area contributed by atoms with Gasteiger partial charge < -0.3 is 24.7 Å². The number of hydrogen-bond donors (Lipinski definition) is 2. The summed E-state index contributed by atoms with van der Waals surface area (Å²) in [6.45, 7) is 10.6. The molecule has 0 radical (unpaired) electrons. The van der Waals surface area contributed by atoms with Gasteiger partial charge in [-0.2, -0.15) is 5.10 Å². The van der Waals surface area contributed by atoms with Crippen molar-refractivity contribution in [2.75, 3.05) is 26.2 Å². The van der Waals surface area contributed by atoms with E-state index in [1.54, 1.807) is 0 Å². The van der Waals surface area contributed by atoms with Gasteiger partial charge in [0.1, 0.15) is 6.61 Å². The highest BCUT2D eigenvalue weighted by atomic mass is 16.7. The lowest BCUT2D eigenvalue weighted by Crippen LogP contribution is -2.52. The molecule has 1 aliphatic carbocycles. The summed E-state index contributed by atoms with van der Waals surface area (Å²) in [5, 5.41) is 11.2. The second-order valence-corrected chi connectivity index (χ2v) is 12.0. The molecule has 3 heterocycles. The molecule has 8 nitrogen and oxygen atoms in total. The number of rotatable bonds is 6. The van der Waals surface area contributed by atoms with E-state index < -0.39 is 24.4 Å². The molecule has 0 saturated carbocycles. The summed E-state index contributed by atoms with van der Waals surface area (Å²) in [6.07, 6.45) is 5.09. The summed E-state index contributed by atoms with van der Waals surface area (Å²) in [5.74, 6) is 0.0320. The van der Waals surface area contributed by atoms with Crippen LogP contribution in [0.1, 0.15) is 57.6 Å². The Morgan fingerprint density at radius 1 is 1.03 bits per heavy atom. The number of alkyl carbamates (subject to hydrolysis) is 1. The first kappa shape index (κ1) is 26.1. The molecule has 9 heteroatoms. The van der Waals surface area contributed by atoms with Crippen molar-refractivity contribution in [3.05, 3.63) is 72.1 Å². The Bertz CT molecular complexity index is 1300. The first-order chi connectivity index (χ1) is 18.7. The van der Waals surface area contributed by atoms with Crippen molar-refractivity contribution >= 4 is 18.7 Å². The van der Waals surface area contributed by atoms with Crippen LogP contribution >= 0.6 is 0 Å². The lowest BCUT2D eigenvalue weighted by atomic mass is 9.81. The topological polar surface area (TPSA) is 86.6 Å². The van der Waals surface area contributed by atoms with Gasteiger partial charge in [-0.25, -0.2) is 4.79 Å². The van der Waals surface area contributed by atoms with Crippen molar-refractivity contribution in [1.82, 2.24) is 20.4 Å². The number of carbonyl (C=O) groups excluding carboxylic acids is 1. The number of amides is 1. The number of hydrogen-bond acceptors (Lipinski definition) is 6. The van der Waals surface area contributed by atoms with Gasteiger partial charge >= 0.3 is 13.2 Å². The van der Waals surface area contributed by atoms with E-state index in [1.807, 2.05) is 56.9 Å². The normalized spacial score (nSPS) is 20.9. The minimum atomic E-state index is -0.474. The number of nitrogens with zero attached hydrogens (tertiary/aromatic N) is 2. The van der Waals surface area contributed by atoms with Gasteiger partial charge in [-0.3, -0.25) is 4.68 Å². The van der Waals surface area contributed by atoms with Gasteiger partial charge in [0.15, 0.2) is 0 Å². The van der Waals surface area contributed by atoms with E-state index in [1.165, 1.54) is 22.3 Å². The van der Waals surface area contributed by atoms with Crippen molar-refractivity contribution in [3.8, 4) is 11.1 Å². The van der Waals surface area contributed by atoms with E-state index in [0.717, 1.165) is 31.4 Å². The van der Waals surface area contributed by atoms with Crippen molar-refractivity contribution in [2.45, 2.75) is 63.2 Å². The number of nitrogens with one attached hydrogen (secondary N) is 2. The number of ether oxygens (including phenoxy) is 1. The first-order valence-corrected chi connectivity index (χ1v) is 13.9. The molecule has 3 aliphatic rings. The Balaban J connectivity index is 1.13. The number of carbonyl (C=O) groups is 1. The van der Waals surface area contributed by atoms with E-state index >= 15 is 0 Å². The monoisotopic (exact) mass is 528 g/mol. The van der Waals surface area contributed by atoms with E-state index in [9.17, 15) is 4.79 Å². The molecule has 0 spiro atoms. The minimum Gasteiger partial charge on any atom is -0.449 e. The molecular formula is C30H37BN4O4. The summed E-state index contributed by atoms with van der Waals surface area (Å²) < 4.78 is 20.3. The van der Waals surface area contributed by atoms with Crippen molar-refractivity contribution in [3.63, 3.8) is 0 Å². The summed E-state index contributed by atoms with van der Waals surface area (Å²) in [7, 11) is -0.474. The molecule has 2 aromatic carbocycles. The van der Waals surface area contributed by atoms with Crippen LogP contribution in [0, 0.1) is 0 Å². The Morgan fingerprint density at radius 2 is 1.62 bits per heavy atom. The lowest BCUT2D eigenvalue weighted by Gasteiger charge is -2.38. The van der Waals surface area contributed by atoms with Crippen LogP contribution in [0.5, 0.6) is 0 Å². The van der Waals surface area contributed by atoms with Crippen molar-refractivity contribution < 1.29 is 18.8 Å². The van der Waals surface area contributed by atoms with Crippen LogP contribution in [0.3, 0.4) is 0 Å². The summed E-state index contributed by atoms with van der Waals surface area (Å²) in [6, 6.07) is 16.7. The Labute approximate surface area is 230 Å². The van der Waals surface area contributed by atoms with Gasteiger partial charge in [-0.15, -0.1) is 0 Å². The zero-order valence-electron chi connectivity index (χ0n) is 23.2. The molecule has 204 valence electrons.